The van der Waals surface area contributed by atoms with Gasteiger partial charge in [-0.25, -0.2) is 8.78 Å². The summed E-state index contributed by atoms with van der Waals surface area (Å²) in [7, 11) is 1.60. The normalized spacial score (nSPS) is 14.2. The molecule has 1 atom stereocenters. The Balaban J connectivity index is 2.58. The second-order valence-electron chi connectivity index (χ2n) is 4.68. The monoisotopic (exact) mass is 276 g/mol. The summed E-state index contributed by atoms with van der Waals surface area (Å²) in [6.45, 7) is 0.614. The molecule has 0 bridgehead atoms. The standard InChI is InChI=1S/C16H18F2N2/c1-20(12-11-19)16(18,13-7-3-2-4-8-13)14-9-5-6-10-15(14)17/h2-10H,11-12,19H2,1H3. The fourth-order valence-electron chi connectivity index (χ4n) is 2.32. The van der Waals surface area contributed by atoms with Gasteiger partial charge in [-0.3, -0.25) is 4.90 Å². The highest BCUT2D eigenvalue weighted by atomic mass is 19.2. The molecule has 0 aliphatic carbocycles. The fraction of sp³-hybridized carbons (Fsp3) is 0.250. The van der Waals surface area contributed by atoms with Gasteiger partial charge in [0.1, 0.15) is 5.82 Å². The quantitative estimate of drug-likeness (QED) is 0.851. The number of hydrogen-bond acceptors (Lipinski definition) is 2. The number of halogens is 2. The molecule has 0 aliphatic rings. The molecule has 106 valence electrons. The molecule has 1 unspecified atom stereocenters. The van der Waals surface area contributed by atoms with Gasteiger partial charge in [0.25, 0.3) is 0 Å². The molecule has 0 radical (unpaired) electrons. The Kier molecular flexibility index (Phi) is 4.47. The summed E-state index contributed by atoms with van der Waals surface area (Å²) in [6, 6.07) is 14.5. The van der Waals surface area contributed by atoms with E-state index in [1.807, 2.05) is 0 Å². The van der Waals surface area contributed by atoms with Gasteiger partial charge in [0.05, 0.1) is 0 Å². The zero-order valence-corrected chi connectivity index (χ0v) is 11.4. The predicted molar refractivity (Wildman–Crippen MR) is 76.4 cm³/mol. The van der Waals surface area contributed by atoms with Crippen LogP contribution in [0, 0.1) is 5.82 Å². The van der Waals surface area contributed by atoms with Crippen LogP contribution in [0.25, 0.3) is 0 Å². The summed E-state index contributed by atoms with van der Waals surface area (Å²) in [5.74, 6) is -2.60. The van der Waals surface area contributed by atoms with Crippen molar-refractivity contribution in [2.75, 3.05) is 20.1 Å². The molecule has 0 spiro atoms. The number of likely N-dealkylation sites (N-methyl/N-ethyl adjacent to an activating group) is 1. The highest BCUT2D eigenvalue weighted by Gasteiger charge is 2.40. The van der Waals surface area contributed by atoms with E-state index < -0.39 is 11.6 Å². The molecule has 4 heteroatoms. The minimum absolute atomic E-state index is 0.00199. The van der Waals surface area contributed by atoms with Crippen LogP contribution in [0.15, 0.2) is 54.6 Å². The van der Waals surface area contributed by atoms with Gasteiger partial charge in [0.2, 0.25) is 5.79 Å². The highest BCUT2D eigenvalue weighted by molar-refractivity contribution is 5.36. The first-order valence-corrected chi connectivity index (χ1v) is 6.51. The lowest BCUT2D eigenvalue weighted by atomic mass is 9.94. The van der Waals surface area contributed by atoms with E-state index >= 15 is 4.39 Å². The van der Waals surface area contributed by atoms with Crippen LogP contribution in [-0.4, -0.2) is 25.0 Å². The van der Waals surface area contributed by atoms with Crippen molar-refractivity contribution in [3.63, 3.8) is 0 Å². The van der Waals surface area contributed by atoms with Gasteiger partial charge in [-0.15, -0.1) is 0 Å². The third-order valence-corrected chi connectivity index (χ3v) is 3.38. The minimum atomic E-state index is -2.04. The number of alkyl halides is 1. The van der Waals surface area contributed by atoms with E-state index in [1.165, 1.54) is 17.0 Å². The van der Waals surface area contributed by atoms with Crippen molar-refractivity contribution in [1.29, 1.82) is 0 Å². The summed E-state index contributed by atoms with van der Waals surface area (Å²) in [6.07, 6.45) is 0. The summed E-state index contributed by atoms with van der Waals surface area (Å²) >= 11 is 0. The molecule has 2 N–H and O–H groups in total. The van der Waals surface area contributed by atoms with Gasteiger partial charge in [0.15, 0.2) is 0 Å². The van der Waals surface area contributed by atoms with Crippen molar-refractivity contribution in [2.45, 2.75) is 5.79 Å². The average Bonchev–Trinajstić information content (AvgIpc) is 2.48. The fourth-order valence-corrected chi connectivity index (χ4v) is 2.32. The predicted octanol–water partition coefficient (Wildman–Crippen LogP) is 2.89. The van der Waals surface area contributed by atoms with E-state index in [1.54, 1.807) is 49.5 Å². The molecule has 2 aromatic carbocycles. The van der Waals surface area contributed by atoms with Crippen molar-refractivity contribution in [2.24, 2.45) is 5.73 Å². The van der Waals surface area contributed by atoms with Gasteiger partial charge in [-0.05, 0) is 13.1 Å². The first kappa shape index (κ1) is 14.6. The number of nitrogens with two attached hydrogens (primary N) is 1. The molecule has 2 nitrogen and oxygen atoms in total. The summed E-state index contributed by atoms with van der Waals surface area (Å²) in [5, 5.41) is 0. The Morgan fingerprint density at radius 3 is 2.25 bits per heavy atom. The molecule has 0 aromatic heterocycles. The molecule has 0 amide bonds. The first-order valence-electron chi connectivity index (χ1n) is 6.51. The van der Waals surface area contributed by atoms with Crippen LogP contribution in [0.5, 0.6) is 0 Å². The SMILES string of the molecule is CN(CCN)C(F)(c1ccccc1)c1ccccc1F. The van der Waals surface area contributed by atoms with Gasteiger partial charge in [-0.1, -0.05) is 48.5 Å². The maximum absolute atomic E-state index is 15.7. The van der Waals surface area contributed by atoms with E-state index in [9.17, 15) is 4.39 Å². The first-order chi connectivity index (χ1) is 9.60. The number of hydrogen-bond donors (Lipinski definition) is 1. The minimum Gasteiger partial charge on any atom is -0.329 e. The Hall–Kier alpha value is -1.78. The second kappa shape index (κ2) is 6.11. The van der Waals surface area contributed by atoms with Crippen LogP contribution in [0.1, 0.15) is 11.1 Å². The molecule has 2 aromatic rings. The molecule has 0 saturated carbocycles. The molecule has 0 fully saturated rings. The zero-order chi connectivity index (χ0) is 14.6. The molecule has 0 saturated heterocycles. The van der Waals surface area contributed by atoms with E-state index in [4.69, 9.17) is 5.73 Å². The van der Waals surface area contributed by atoms with Gasteiger partial charge < -0.3 is 5.73 Å². The average molecular weight is 276 g/mol. The Morgan fingerprint density at radius 2 is 1.65 bits per heavy atom. The van der Waals surface area contributed by atoms with Crippen LogP contribution in [0.4, 0.5) is 8.78 Å². The summed E-state index contributed by atoms with van der Waals surface area (Å²) in [4.78, 5) is 1.43. The molecule has 2 rings (SSSR count). The van der Waals surface area contributed by atoms with Crippen LogP contribution in [0.2, 0.25) is 0 Å². The third-order valence-electron chi connectivity index (χ3n) is 3.38. The van der Waals surface area contributed by atoms with E-state index in [0.717, 1.165) is 0 Å². The van der Waals surface area contributed by atoms with E-state index in [0.29, 0.717) is 18.7 Å². The number of rotatable bonds is 5. The number of nitrogens with zero attached hydrogens (tertiary/aromatic N) is 1. The highest BCUT2D eigenvalue weighted by Crippen LogP contribution is 2.37. The molecule has 20 heavy (non-hydrogen) atoms. The zero-order valence-electron chi connectivity index (χ0n) is 11.4. The van der Waals surface area contributed by atoms with Crippen LogP contribution >= 0.6 is 0 Å². The maximum atomic E-state index is 15.7. The van der Waals surface area contributed by atoms with E-state index in [-0.39, 0.29) is 5.56 Å². The van der Waals surface area contributed by atoms with Gasteiger partial charge in [0, 0.05) is 24.2 Å². The van der Waals surface area contributed by atoms with Crippen LogP contribution in [0.3, 0.4) is 0 Å². The maximum Gasteiger partial charge on any atom is 0.218 e. The topological polar surface area (TPSA) is 29.3 Å². The smallest absolute Gasteiger partial charge is 0.218 e. The van der Waals surface area contributed by atoms with Crippen molar-refractivity contribution < 1.29 is 8.78 Å². The molecular weight excluding hydrogens is 258 g/mol. The van der Waals surface area contributed by atoms with Crippen molar-refractivity contribution in [1.82, 2.24) is 4.90 Å². The summed E-state index contributed by atoms with van der Waals surface area (Å²) in [5.41, 5.74) is 5.91. The van der Waals surface area contributed by atoms with Crippen molar-refractivity contribution in [3.8, 4) is 0 Å². The van der Waals surface area contributed by atoms with Crippen LogP contribution < -0.4 is 5.73 Å². The van der Waals surface area contributed by atoms with Gasteiger partial charge in [-0.2, -0.15) is 0 Å². The van der Waals surface area contributed by atoms with Gasteiger partial charge >= 0.3 is 0 Å². The second-order valence-corrected chi connectivity index (χ2v) is 4.68. The molecule has 0 heterocycles. The lowest BCUT2D eigenvalue weighted by Gasteiger charge is -2.35. The largest absolute Gasteiger partial charge is 0.329 e. The Morgan fingerprint density at radius 1 is 1.05 bits per heavy atom. The van der Waals surface area contributed by atoms with Crippen LogP contribution in [-0.2, 0) is 5.79 Å². The lowest BCUT2D eigenvalue weighted by molar-refractivity contribution is 0.0180. The molecule has 0 aliphatic heterocycles. The van der Waals surface area contributed by atoms with E-state index in [2.05, 4.69) is 0 Å². The Bertz CT molecular complexity index is 559. The lowest BCUT2D eigenvalue weighted by Crippen LogP contribution is -2.44. The number of benzene rings is 2. The van der Waals surface area contributed by atoms with Crippen molar-refractivity contribution in [3.05, 3.63) is 71.5 Å². The Labute approximate surface area is 117 Å². The third kappa shape index (κ3) is 2.57. The van der Waals surface area contributed by atoms with Crippen molar-refractivity contribution >= 4 is 0 Å². The molecular formula is C16H18F2N2. The summed E-state index contributed by atoms with van der Waals surface area (Å²) < 4.78 is 29.8.